The molecule has 0 spiro atoms. The van der Waals surface area contributed by atoms with Crippen molar-refractivity contribution in [2.24, 2.45) is 0 Å². The number of methoxy groups -OCH3 is 2. The normalized spacial score (nSPS) is 12.2. The fourth-order valence-electron chi connectivity index (χ4n) is 3.44. The van der Waals surface area contributed by atoms with Crippen LogP contribution in [-0.4, -0.2) is 65.9 Å². The molecule has 3 aromatic heterocycles. The summed E-state index contributed by atoms with van der Waals surface area (Å²) in [6.07, 6.45) is 2.50. The third-order valence-corrected chi connectivity index (χ3v) is 8.96. The van der Waals surface area contributed by atoms with E-state index in [1.54, 1.807) is 20.4 Å². The molecule has 0 aliphatic carbocycles. The van der Waals surface area contributed by atoms with E-state index < -0.39 is 11.2 Å². The van der Waals surface area contributed by atoms with E-state index >= 15 is 0 Å². The molecule has 0 radical (unpaired) electrons. The highest BCUT2D eigenvalue weighted by molar-refractivity contribution is 7.93. The summed E-state index contributed by atoms with van der Waals surface area (Å²) in [4.78, 5) is 14.6. The van der Waals surface area contributed by atoms with Crippen LogP contribution >= 0.6 is 22.7 Å². The number of thiazole rings is 1. The van der Waals surface area contributed by atoms with Crippen LogP contribution in [-0.2, 0) is 20.6 Å². The van der Waals surface area contributed by atoms with Gasteiger partial charge in [0, 0.05) is 31.4 Å². The summed E-state index contributed by atoms with van der Waals surface area (Å²) in [6, 6.07) is 5.60. The molecule has 0 amide bonds. The number of hydrogen-bond donors (Lipinski definition) is 1. The lowest BCUT2D eigenvalue weighted by atomic mass is 10.1. The number of benzene rings is 1. The van der Waals surface area contributed by atoms with Gasteiger partial charge < -0.3 is 29.2 Å². The minimum Gasteiger partial charge on any atom is -0.611 e. The van der Waals surface area contributed by atoms with Gasteiger partial charge in [0.15, 0.2) is 22.3 Å². The summed E-state index contributed by atoms with van der Waals surface area (Å²) in [5.74, 6) is 2.15. The highest BCUT2D eigenvalue weighted by Gasteiger charge is 2.26. The van der Waals surface area contributed by atoms with Gasteiger partial charge in [-0.05, 0) is 35.8 Å². The van der Waals surface area contributed by atoms with E-state index in [2.05, 4.69) is 4.98 Å². The second-order valence-corrected chi connectivity index (χ2v) is 11.3. The molecule has 4 aromatic rings. The van der Waals surface area contributed by atoms with E-state index in [0.717, 1.165) is 12.0 Å². The Morgan fingerprint density at radius 3 is 2.44 bits per heavy atom. The molecule has 0 aliphatic rings. The molecule has 36 heavy (non-hydrogen) atoms. The van der Waals surface area contributed by atoms with Crippen molar-refractivity contribution >= 4 is 49.8 Å². The summed E-state index contributed by atoms with van der Waals surface area (Å²) in [6.45, 7) is 3.61. The maximum atomic E-state index is 12.9. The first-order chi connectivity index (χ1) is 17.6. The summed E-state index contributed by atoms with van der Waals surface area (Å²) in [7, 11) is 3.24. The Hall–Kier alpha value is -2.48. The number of anilines is 1. The van der Waals surface area contributed by atoms with Crippen molar-refractivity contribution in [2.45, 2.75) is 17.6 Å². The molecule has 0 saturated heterocycles. The van der Waals surface area contributed by atoms with Gasteiger partial charge in [-0.25, -0.2) is 15.0 Å². The molecule has 12 heteroatoms. The van der Waals surface area contributed by atoms with Crippen molar-refractivity contribution in [3.63, 3.8) is 0 Å². The molecule has 1 aromatic carbocycles. The molecule has 1 atom stereocenters. The lowest BCUT2D eigenvalue weighted by molar-refractivity contribution is 0.132. The number of nitrogens with two attached hydrogens (primary N) is 1. The summed E-state index contributed by atoms with van der Waals surface area (Å²) < 4.78 is 35.6. The molecule has 0 saturated carbocycles. The molecule has 1 unspecified atom stereocenters. The molecule has 0 aliphatic heterocycles. The van der Waals surface area contributed by atoms with Crippen LogP contribution in [0.4, 0.5) is 5.69 Å². The van der Waals surface area contributed by atoms with Gasteiger partial charge in [-0.2, -0.15) is 0 Å². The van der Waals surface area contributed by atoms with Crippen LogP contribution in [0.15, 0.2) is 34.0 Å². The van der Waals surface area contributed by atoms with Crippen LogP contribution in [0.5, 0.6) is 11.5 Å². The first-order valence-electron chi connectivity index (χ1n) is 11.3. The molecular formula is C24H28N4O5S3. The number of hydrogen-bond acceptors (Lipinski definition) is 11. The second kappa shape index (κ2) is 12.7. The zero-order valence-corrected chi connectivity index (χ0v) is 22.8. The van der Waals surface area contributed by atoms with E-state index in [-0.39, 0.29) is 0 Å². The van der Waals surface area contributed by atoms with Crippen LogP contribution in [0.3, 0.4) is 0 Å². The molecule has 4 rings (SSSR count). The smallest absolute Gasteiger partial charge is 0.232 e. The Morgan fingerprint density at radius 1 is 1.03 bits per heavy atom. The zero-order chi connectivity index (χ0) is 25.5. The Morgan fingerprint density at radius 2 is 1.78 bits per heavy atom. The predicted octanol–water partition coefficient (Wildman–Crippen LogP) is 4.63. The second-order valence-electron chi connectivity index (χ2n) is 7.61. The van der Waals surface area contributed by atoms with Gasteiger partial charge >= 0.3 is 0 Å². The van der Waals surface area contributed by atoms with E-state index in [9.17, 15) is 4.55 Å². The van der Waals surface area contributed by atoms with Crippen molar-refractivity contribution in [3.8, 4) is 33.6 Å². The van der Waals surface area contributed by atoms with Gasteiger partial charge in [0.1, 0.15) is 29.5 Å². The summed E-state index contributed by atoms with van der Waals surface area (Å²) in [5.41, 5.74) is 8.40. The maximum absolute atomic E-state index is 12.9. The third kappa shape index (κ3) is 5.90. The highest BCUT2D eigenvalue weighted by Crippen LogP contribution is 2.43. The first kappa shape index (κ1) is 26.6. The van der Waals surface area contributed by atoms with Gasteiger partial charge in [-0.15, -0.1) is 11.3 Å². The SMILES string of the molecule is CCC[S+]([O-])c1sc2nc(-c3nccs3)nc(-c3ccc(OCCOC)c(OCCOC)c3)c2c1N. The van der Waals surface area contributed by atoms with Crippen molar-refractivity contribution in [3.05, 3.63) is 29.8 Å². The fourth-order valence-corrected chi connectivity index (χ4v) is 6.60. The Kier molecular flexibility index (Phi) is 9.35. The summed E-state index contributed by atoms with van der Waals surface area (Å²) in [5, 5.41) is 3.24. The van der Waals surface area contributed by atoms with Gasteiger partial charge in [0.05, 0.1) is 24.3 Å². The van der Waals surface area contributed by atoms with E-state index in [1.165, 1.54) is 22.7 Å². The van der Waals surface area contributed by atoms with Gasteiger partial charge in [0.2, 0.25) is 4.21 Å². The average molecular weight is 549 g/mol. The largest absolute Gasteiger partial charge is 0.611 e. The van der Waals surface area contributed by atoms with Crippen LogP contribution < -0.4 is 15.2 Å². The number of thiophene rings is 1. The van der Waals surface area contributed by atoms with Gasteiger partial charge in [-0.3, -0.25) is 0 Å². The molecule has 0 fully saturated rings. The van der Waals surface area contributed by atoms with Crippen LogP contribution in [0.25, 0.3) is 32.3 Å². The molecule has 3 heterocycles. The van der Waals surface area contributed by atoms with Gasteiger partial charge in [-0.1, -0.05) is 18.3 Å². The van der Waals surface area contributed by atoms with Crippen LogP contribution in [0.2, 0.25) is 0 Å². The number of fused-ring (bicyclic) bond motifs is 1. The van der Waals surface area contributed by atoms with Gasteiger partial charge in [0.25, 0.3) is 0 Å². The van der Waals surface area contributed by atoms with E-state index in [4.69, 9.17) is 34.6 Å². The number of ether oxygens (including phenoxy) is 4. The van der Waals surface area contributed by atoms with Crippen LogP contribution in [0.1, 0.15) is 13.3 Å². The Balaban J connectivity index is 1.85. The lowest BCUT2D eigenvalue weighted by Gasteiger charge is -2.14. The minimum absolute atomic E-state index is 0.352. The topological polar surface area (TPSA) is 125 Å². The van der Waals surface area contributed by atoms with Crippen LogP contribution in [0, 0.1) is 0 Å². The number of aromatic nitrogens is 3. The Labute approximate surface area is 220 Å². The monoisotopic (exact) mass is 548 g/mol. The fraction of sp³-hybridized carbons (Fsp3) is 0.375. The number of rotatable bonds is 13. The number of nitrogen functional groups attached to an aromatic ring is 1. The maximum Gasteiger partial charge on any atom is 0.232 e. The average Bonchev–Trinajstić information content (AvgIpc) is 3.53. The number of nitrogens with zero attached hydrogens (tertiary/aromatic N) is 3. The Bertz CT molecular complexity index is 1280. The zero-order valence-electron chi connectivity index (χ0n) is 20.3. The lowest BCUT2D eigenvalue weighted by Crippen LogP contribution is -2.08. The molecule has 2 N–H and O–H groups in total. The van der Waals surface area contributed by atoms with Crippen molar-refractivity contribution in [1.29, 1.82) is 0 Å². The van der Waals surface area contributed by atoms with E-state index in [0.29, 0.717) is 80.3 Å². The highest BCUT2D eigenvalue weighted by atomic mass is 32.2. The summed E-state index contributed by atoms with van der Waals surface area (Å²) >= 11 is 1.58. The quantitative estimate of drug-likeness (QED) is 0.188. The molecule has 192 valence electrons. The molecular weight excluding hydrogens is 520 g/mol. The predicted molar refractivity (Wildman–Crippen MR) is 145 cm³/mol. The standard InChI is InChI=1S/C24H28N4O5S3/c1-4-13-36(29)24-19(25)18-20(27-21(28-22(18)35-24)23-26-7-12-34-23)15-5-6-16(32-10-8-30-2)17(14-15)33-11-9-31-3/h5-7,12,14H,4,8-11,13,25H2,1-3H3. The molecule has 0 bridgehead atoms. The van der Waals surface area contributed by atoms with Crippen molar-refractivity contribution in [1.82, 2.24) is 15.0 Å². The van der Waals surface area contributed by atoms with Crippen molar-refractivity contribution < 1.29 is 23.5 Å². The molecule has 9 nitrogen and oxygen atoms in total. The third-order valence-electron chi connectivity index (χ3n) is 5.08. The van der Waals surface area contributed by atoms with E-state index in [1.807, 2.05) is 30.5 Å². The minimum atomic E-state index is -1.21. The first-order valence-corrected chi connectivity index (χ1v) is 14.3. The van der Waals surface area contributed by atoms with Crippen molar-refractivity contribution in [2.75, 3.05) is 52.1 Å².